The van der Waals surface area contributed by atoms with Crippen LogP contribution in [0.2, 0.25) is 0 Å². The van der Waals surface area contributed by atoms with E-state index < -0.39 is 25.7 Å². The minimum atomic E-state index is -3.68. The Labute approximate surface area is 177 Å². The van der Waals surface area contributed by atoms with Crippen molar-refractivity contribution >= 4 is 13.8 Å². The van der Waals surface area contributed by atoms with Crippen molar-refractivity contribution in [1.29, 1.82) is 0 Å². The maximum Gasteiger partial charge on any atom is 0.509 e. The number of methoxy groups -OCH3 is 2. The molecule has 1 aromatic rings. The van der Waals surface area contributed by atoms with Crippen LogP contribution in [0.15, 0.2) is 36.4 Å². The van der Waals surface area contributed by atoms with Crippen molar-refractivity contribution in [2.24, 2.45) is 0 Å². The van der Waals surface area contributed by atoms with Gasteiger partial charge in [0.2, 0.25) is 5.85 Å². The molecule has 0 radical (unpaired) electrons. The second-order valence-corrected chi connectivity index (χ2v) is 8.54. The lowest BCUT2D eigenvalue weighted by atomic mass is 10.1. The number of carbonyl (C=O) groups excluding carboxylic acids is 1. The van der Waals surface area contributed by atoms with Crippen molar-refractivity contribution in [3.8, 4) is 5.75 Å². The molecule has 0 amide bonds. The lowest BCUT2D eigenvalue weighted by molar-refractivity contribution is 0.0622. The zero-order valence-corrected chi connectivity index (χ0v) is 18.7. The molecule has 0 saturated heterocycles. The van der Waals surface area contributed by atoms with E-state index in [4.69, 9.17) is 23.3 Å². The molecule has 0 aliphatic carbocycles. The number of rotatable bonds is 14. The van der Waals surface area contributed by atoms with E-state index in [2.05, 4.69) is 4.74 Å². The third-order valence-corrected chi connectivity index (χ3v) is 6.11. The summed E-state index contributed by atoms with van der Waals surface area (Å²) in [5.74, 6) is -0.460. The Bertz CT molecular complexity index is 682. The quantitative estimate of drug-likeness (QED) is 0.197. The molecule has 0 bridgehead atoms. The zero-order valence-electron chi connectivity index (χ0n) is 17.8. The highest BCUT2D eigenvalue weighted by molar-refractivity contribution is 7.54. The van der Waals surface area contributed by atoms with Gasteiger partial charge in [-0.15, -0.1) is 0 Å². The largest absolute Gasteiger partial charge is 0.509 e. The smallest absolute Gasteiger partial charge is 0.497 e. The highest BCUT2D eigenvalue weighted by Crippen LogP contribution is 2.52. The fourth-order valence-electron chi connectivity index (χ4n) is 2.42. The zero-order chi connectivity index (χ0) is 22.4. The van der Waals surface area contributed by atoms with E-state index in [1.807, 2.05) is 24.3 Å². The second kappa shape index (κ2) is 14.2. The van der Waals surface area contributed by atoms with Crippen LogP contribution in [-0.4, -0.2) is 58.3 Å². The van der Waals surface area contributed by atoms with Gasteiger partial charge in [-0.2, -0.15) is 0 Å². The lowest BCUT2D eigenvalue weighted by Crippen LogP contribution is -2.18. The fraction of sp³-hybridized carbons (Fsp3) is 0.550. The molecule has 0 fully saturated rings. The fourth-order valence-corrected chi connectivity index (χ4v) is 3.53. The molecule has 1 rings (SSSR count). The minimum Gasteiger partial charge on any atom is -0.497 e. The molecule has 0 aromatic heterocycles. The van der Waals surface area contributed by atoms with Gasteiger partial charge in [0.05, 0.1) is 26.9 Å². The molecule has 170 valence electrons. The molecule has 0 spiro atoms. The first-order valence-corrected chi connectivity index (χ1v) is 11.0. The van der Waals surface area contributed by atoms with Crippen LogP contribution in [0.25, 0.3) is 0 Å². The number of aliphatic hydroxyl groups is 1. The van der Waals surface area contributed by atoms with E-state index in [1.165, 1.54) is 20.3 Å². The summed E-state index contributed by atoms with van der Waals surface area (Å²) in [5, 5.41) is 10.1. The first-order valence-electron chi connectivity index (χ1n) is 9.39. The first kappa shape index (κ1) is 26.1. The SMILES string of the molecule is COC(=O)O[C@H](/C=C/CC[C@@H](O)CCOCc1ccc(OC)cc1)P(=O)(OC)OC. The van der Waals surface area contributed by atoms with Gasteiger partial charge in [-0.1, -0.05) is 18.2 Å². The summed E-state index contributed by atoms with van der Waals surface area (Å²) in [6.45, 7) is 0.861. The number of ether oxygens (including phenoxy) is 4. The number of aliphatic hydroxyl groups excluding tert-OH is 1. The van der Waals surface area contributed by atoms with Crippen LogP contribution in [0.5, 0.6) is 5.75 Å². The molecular weight excluding hydrogens is 415 g/mol. The van der Waals surface area contributed by atoms with Crippen molar-refractivity contribution < 1.29 is 42.5 Å². The molecule has 30 heavy (non-hydrogen) atoms. The van der Waals surface area contributed by atoms with E-state index >= 15 is 0 Å². The van der Waals surface area contributed by atoms with Crippen molar-refractivity contribution in [3.05, 3.63) is 42.0 Å². The minimum absolute atomic E-state index is 0.410. The Morgan fingerprint density at radius 3 is 2.33 bits per heavy atom. The monoisotopic (exact) mass is 446 g/mol. The lowest BCUT2D eigenvalue weighted by Gasteiger charge is -2.21. The van der Waals surface area contributed by atoms with Crippen molar-refractivity contribution in [3.63, 3.8) is 0 Å². The first-order chi connectivity index (χ1) is 14.4. The molecule has 0 saturated carbocycles. The van der Waals surface area contributed by atoms with Crippen LogP contribution >= 0.6 is 7.60 Å². The normalized spacial score (nSPS) is 13.8. The molecule has 1 N–H and O–H groups in total. The van der Waals surface area contributed by atoms with Crippen LogP contribution in [-0.2, 0) is 34.4 Å². The van der Waals surface area contributed by atoms with Crippen LogP contribution in [0, 0.1) is 0 Å². The number of hydrogen-bond donors (Lipinski definition) is 1. The Kier molecular flexibility index (Phi) is 12.3. The van der Waals surface area contributed by atoms with Gasteiger partial charge in [0.15, 0.2) is 0 Å². The van der Waals surface area contributed by atoms with Gasteiger partial charge in [-0.3, -0.25) is 4.57 Å². The van der Waals surface area contributed by atoms with Gasteiger partial charge < -0.3 is 33.1 Å². The molecule has 9 nitrogen and oxygen atoms in total. The summed E-state index contributed by atoms with van der Waals surface area (Å²) in [6.07, 6.45) is 2.86. The summed E-state index contributed by atoms with van der Waals surface area (Å²) in [4.78, 5) is 11.4. The number of carbonyl (C=O) groups is 1. The standard InChI is InChI=1S/C20H31O9P/c1-24-18-11-9-16(10-12-18)15-28-14-13-17(21)7-5-6-8-19(29-20(22)25-2)30(23,26-3)27-4/h6,8-12,17,19,21H,5,7,13-15H2,1-4H3/b8-6+/t17-,19+/m1/s1. The van der Waals surface area contributed by atoms with Crippen molar-refractivity contribution in [2.45, 2.75) is 37.8 Å². The molecule has 0 aliphatic heterocycles. The van der Waals surface area contributed by atoms with Crippen molar-refractivity contribution in [2.75, 3.05) is 35.0 Å². The Morgan fingerprint density at radius 1 is 1.10 bits per heavy atom. The van der Waals surface area contributed by atoms with Gasteiger partial charge in [0.25, 0.3) is 0 Å². The van der Waals surface area contributed by atoms with Crippen molar-refractivity contribution in [1.82, 2.24) is 0 Å². The predicted octanol–water partition coefficient (Wildman–Crippen LogP) is 3.89. The van der Waals surface area contributed by atoms with E-state index in [1.54, 1.807) is 13.2 Å². The van der Waals surface area contributed by atoms with E-state index in [0.29, 0.717) is 32.5 Å². The Hall–Kier alpha value is -1.90. The van der Waals surface area contributed by atoms with Gasteiger partial charge in [0.1, 0.15) is 5.75 Å². The van der Waals surface area contributed by atoms with E-state index in [9.17, 15) is 14.5 Å². The average Bonchev–Trinajstić information content (AvgIpc) is 2.78. The molecule has 0 heterocycles. The van der Waals surface area contributed by atoms with Crippen LogP contribution < -0.4 is 4.74 Å². The molecule has 1 aromatic carbocycles. The van der Waals surface area contributed by atoms with Crippen LogP contribution in [0.3, 0.4) is 0 Å². The summed E-state index contributed by atoms with van der Waals surface area (Å²) in [5.41, 5.74) is 1.02. The Morgan fingerprint density at radius 2 is 1.77 bits per heavy atom. The topological polar surface area (TPSA) is 110 Å². The molecule has 0 unspecified atom stereocenters. The van der Waals surface area contributed by atoms with Gasteiger partial charge in [-0.05, 0) is 43.0 Å². The van der Waals surface area contributed by atoms with E-state index in [0.717, 1.165) is 18.4 Å². The third kappa shape index (κ3) is 9.28. The second-order valence-electron chi connectivity index (χ2n) is 6.22. The molecular formula is C20H31O9P. The Balaban J connectivity index is 2.37. The number of allylic oxidation sites excluding steroid dienone is 1. The summed E-state index contributed by atoms with van der Waals surface area (Å²) in [7, 11) is 1.47. The summed E-state index contributed by atoms with van der Waals surface area (Å²) >= 11 is 0. The van der Waals surface area contributed by atoms with E-state index in [-0.39, 0.29) is 0 Å². The molecule has 10 heteroatoms. The number of hydrogen-bond acceptors (Lipinski definition) is 9. The van der Waals surface area contributed by atoms with Gasteiger partial charge >= 0.3 is 13.8 Å². The highest BCUT2D eigenvalue weighted by atomic mass is 31.2. The summed E-state index contributed by atoms with van der Waals surface area (Å²) < 4.78 is 42.2. The highest BCUT2D eigenvalue weighted by Gasteiger charge is 2.35. The predicted molar refractivity (Wildman–Crippen MR) is 111 cm³/mol. The molecule has 2 atom stereocenters. The third-order valence-electron chi connectivity index (χ3n) is 4.19. The van der Waals surface area contributed by atoms with Gasteiger partial charge in [-0.25, -0.2) is 4.79 Å². The van der Waals surface area contributed by atoms with Crippen LogP contribution in [0.4, 0.5) is 4.79 Å². The maximum absolute atomic E-state index is 12.5. The van der Waals surface area contributed by atoms with Crippen LogP contribution in [0.1, 0.15) is 24.8 Å². The molecule has 0 aliphatic rings. The van der Waals surface area contributed by atoms with Gasteiger partial charge in [0, 0.05) is 20.8 Å². The maximum atomic E-state index is 12.5. The average molecular weight is 446 g/mol. The summed E-state index contributed by atoms with van der Waals surface area (Å²) in [6, 6.07) is 7.57. The number of benzene rings is 1.